The second-order valence-electron chi connectivity index (χ2n) is 3.98. The van der Waals surface area contributed by atoms with Crippen molar-refractivity contribution in [3.63, 3.8) is 0 Å². The van der Waals surface area contributed by atoms with Crippen molar-refractivity contribution in [1.29, 1.82) is 0 Å². The lowest BCUT2D eigenvalue weighted by atomic mass is 9.97. The van der Waals surface area contributed by atoms with E-state index in [4.69, 9.17) is 0 Å². The summed E-state index contributed by atoms with van der Waals surface area (Å²) in [6, 6.07) is 21.0. The fraction of sp³-hybridized carbons (Fsp3) is 0.263. The van der Waals surface area contributed by atoms with E-state index < -0.39 is 0 Å². The van der Waals surface area contributed by atoms with Crippen molar-refractivity contribution >= 4 is 11.1 Å². The van der Waals surface area contributed by atoms with Crippen LogP contribution in [-0.4, -0.2) is 0 Å². The van der Waals surface area contributed by atoms with Gasteiger partial charge in [0.05, 0.1) is 0 Å². The number of hydrogen-bond acceptors (Lipinski definition) is 0. The maximum absolute atomic E-state index is 2.18. The molecule has 0 N–H and O–H groups in total. The molecule has 19 heavy (non-hydrogen) atoms. The van der Waals surface area contributed by atoms with E-state index in [0.717, 1.165) is 0 Å². The topological polar surface area (TPSA) is 0 Å². The van der Waals surface area contributed by atoms with E-state index in [9.17, 15) is 0 Å². The molecule has 0 heterocycles. The summed E-state index contributed by atoms with van der Waals surface area (Å²) in [7, 11) is 0. The molecule has 0 fully saturated rings. The van der Waals surface area contributed by atoms with Crippen molar-refractivity contribution in [2.75, 3.05) is 0 Å². The van der Waals surface area contributed by atoms with Gasteiger partial charge in [0.2, 0.25) is 0 Å². The van der Waals surface area contributed by atoms with Crippen LogP contribution in [0.1, 0.15) is 46.2 Å². The van der Waals surface area contributed by atoms with Crippen LogP contribution in [0.4, 0.5) is 0 Å². The molecule has 2 aromatic carbocycles. The molecule has 2 aromatic rings. The summed E-state index contributed by atoms with van der Waals surface area (Å²) in [5.74, 6) is 0. The van der Waals surface area contributed by atoms with Crippen molar-refractivity contribution in [1.82, 2.24) is 0 Å². The Hall–Kier alpha value is -1.82. The number of hydrogen-bond donors (Lipinski definition) is 0. The predicted molar refractivity (Wildman–Crippen MR) is 89.1 cm³/mol. The molecule has 2 rings (SSSR count). The van der Waals surface area contributed by atoms with E-state index in [1.165, 1.54) is 22.3 Å². The van der Waals surface area contributed by atoms with Gasteiger partial charge in [-0.25, -0.2) is 0 Å². The molecule has 0 atom stereocenters. The maximum Gasteiger partial charge on any atom is -0.0224 e. The Kier molecular flexibility index (Phi) is 8.28. The molecule has 0 aliphatic rings. The molecule has 0 radical (unpaired) electrons. The third-order valence-electron chi connectivity index (χ3n) is 2.98. The lowest BCUT2D eigenvalue weighted by molar-refractivity contribution is 1.50. The van der Waals surface area contributed by atoms with Gasteiger partial charge in [-0.2, -0.15) is 0 Å². The first-order valence-corrected chi connectivity index (χ1v) is 6.57. The summed E-state index contributed by atoms with van der Waals surface area (Å²) in [5, 5.41) is 0. The van der Waals surface area contributed by atoms with Gasteiger partial charge in [-0.15, -0.1) is 0 Å². The predicted octanol–water partition coefficient (Wildman–Crippen LogP) is 6.30. The van der Waals surface area contributed by atoms with Crippen LogP contribution in [0, 0.1) is 0 Å². The van der Waals surface area contributed by atoms with Gasteiger partial charge >= 0.3 is 0 Å². The summed E-state index contributed by atoms with van der Waals surface area (Å²) >= 11 is 0. The molecular formula is C19H26. The zero-order valence-electron chi connectivity index (χ0n) is 11.8. The fourth-order valence-corrected chi connectivity index (χ4v) is 1.81. The van der Waals surface area contributed by atoms with E-state index in [1.807, 2.05) is 13.8 Å². The van der Waals surface area contributed by atoms with E-state index in [1.54, 1.807) is 0 Å². The molecule has 0 aliphatic heterocycles. The molecule has 0 nitrogen and oxygen atoms in total. The van der Waals surface area contributed by atoms with Gasteiger partial charge in [-0.1, -0.05) is 81.9 Å². The molecule has 0 saturated carbocycles. The summed E-state index contributed by atoms with van der Waals surface area (Å²) in [6.07, 6.45) is 0. The zero-order valence-corrected chi connectivity index (χ0v) is 11.8. The molecule has 0 heteroatoms. The largest absolute Gasteiger partial charge is 0.0776 e. The minimum absolute atomic E-state index is 0. The van der Waals surface area contributed by atoms with Gasteiger partial charge < -0.3 is 0 Å². The fourth-order valence-electron chi connectivity index (χ4n) is 1.81. The Labute approximate surface area is 118 Å². The van der Waals surface area contributed by atoms with E-state index >= 15 is 0 Å². The minimum Gasteiger partial charge on any atom is -0.0776 e. The minimum atomic E-state index is 0. The van der Waals surface area contributed by atoms with Crippen LogP contribution >= 0.6 is 0 Å². The first-order valence-electron chi connectivity index (χ1n) is 6.57. The van der Waals surface area contributed by atoms with Gasteiger partial charge in [0.25, 0.3) is 0 Å². The lowest BCUT2D eigenvalue weighted by Crippen LogP contribution is -1.85. The van der Waals surface area contributed by atoms with Crippen LogP contribution in [0.25, 0.3) is 11.1 Å². The number of rotatable bonds is 2. The third-order valence-corrected chi connectivity index (χ3v) is 2.98. The van der Waals surface area contributed by atoms with Crippen molar-refractivity contribution in [2.24, 2.45) is 0 Å². The SMILES string of the molecule is C.C/C(=C(/C)c1ccccc1)c1ccccc1.CC. The highest BCUT2D eigenvalue weighted by Gasteiger charge is 2.01. The molecular weight excluding hydrogens is 228 g/mol. The highest BCUT2D eigenvalue weighted by Crippen LogP contribution is 2.24. The Morgan fingerprint density at radius 2 is 0.842 bits per heavy atom. The maximum atomic E-state index is 2.18. The third kappa shape index (κ3) is 4.75. The summed E-state index contributed by atoms with van der Waals surface area (Å²) < 4.78 is 0. The van der Waals surface area contributed by atoms with Gasteiger partial charge in [0.15, 0.2) is 0 Å². The lowest BCUT2D eigenvalue weighted by Gasteiger charge is -2.08. The normalized spacial score (nSPS) is 10.5. The Morgan fingerprint density at radius 3 is 1.11 bits per heavy atom. The van der Waals surface area contributed by atoms with Crippen LogP contribution in [0.3, 0.4) is 0 Å². The molecule has 0 aliphatic carbocycles. The Morgan fingerprint density at radius 1 is 0.579 bits per heavy atom. The van der Waals surface area contributed by atoms with Crippen LogP contribution < -0.4 is 0 Å². The number of benzene rings is 2. The first-order chi connectivity index (χ1) is 8.79. The standard InChI is InChI=1S/C16H16.C2H6.CH4/c1-13(15-9-5-3-6-10-15)14(2)16-11-7-4-8-12-16;1-2;/h3-12H,1-2H3;1-2H3;1H4/b14-13+;;. The molecule has 0 amide bonds. The van der Waals surface area contributed by atoms with Crippen LogP contribution in [0.5, 0.6) is 0 Å². The van der Waals surface area contributed by atoms with Crippen molar-refractivity contribution in [3.05, 3.63) is 71.8 Å². The first kappa shape index (κ1) is 17.2. The van der Waals surface area contributed by atoms with Crippen LogP contribution in [0.2, 0.25) is 0 Å². The van der Waals surface area contributed by atoms with E-state index in [0.29, 0.717) is 0 Å². The van der Waals surface area contributed by atoms with Gasteiger partial charge in [0, 0.05) is 0 Å². The smallest absolute Gasteiger partial charge is 0.0224 e. The van der Waals surface area contributed by atoms with E-state index in [2.05, 4.69) is 74.5 Å². The van der Waals surface area contributed by atoms with Crippen LogP contribution in [0.15, 0.2) is 60.7 Å². The van der Waals surface area contributed by atoms with Gasteiger partial charge in [0.1, 0.15) is 0 Å². The Balaban J connectivity index is 0.00000103. The highest BCUT2D eigenvalue weighted by molar-refractivity contribution is 5.88. The Bertz CT molecular complexity index is 430. The molecule has 0 saturated heterocycles. The van der Waals surface area contributed by atoms with Crippen molar-refractivity contribution in [2.45, 2.75) is 35.1 Å². The monoisotopic (exact) mass is 254 g/mol. The summed E-state index contributed by atoms with van der Waals surface area (Å²) in [6.45, 7) is 8.36. The average molecular weight is 254 g/mol. The highest BCUT2D eigenvalue weighted by atomic mass is 14.1. The van der Waals surface area contributed by atoms with Crippen molar-refractivity contribution < 1.29 is 0 Å². The van der Waals surface area contributed by atoms with Gasteiger partial charge in [-0.3, -0.25) is 0 Å². The zero-order chi connectivity index (χ0) is 13.4. The second kappa shape index (κ2) is 9.16. The molecule has 0 spiro atoms. The van der Waals surface area contributed by atoms with E-state index in [-0.39, 0.29) is 7.43 Å². The average Bonchev–Trinajstić information content (AvgIpc) is 2.49. The van der Waals surface area contributed by atoms with Gasteiger partial charge in [-0.05, 0) is 36.1 Å². The molecule has 102 valence electrons. The molecule has 0 aromatic heterocycles. The van der Waals surface area contributed by atoms with Crippen molar-refractivity contribution in [3.8, 4) is 0 Å². The quantitative estimate of drug-likeness (QED) is 0.552. The van der Waals surface area contributed by atoms with Crippen LogP contribution in [-0.2, 0) is 0 Å². The summed E-state index contributed by atoms with van der Waals surface area (Å²) in [4.78, 5) is 0. The summed E-state index contributed by atoms with van der Waals surface area (Å²) in [5.41, 5.74) is 5.27. The molecule has 0 unspecified atom stereocenters. The second-order valence-corrected chi connectivity index (χ2v) is 3.98. The number of allylic oxidation sites excluding steroid dienone is 2. The molecule has 0 bridgehead atoms.